The van der Waals surface area contributed by atoms with Crippen LogP contribution in [0.5, 0.6) is 0 Å². The van der Waals surface area contributed by atoms with Crippen LogP contribution in [0, 0.1) is 6.92 Å². The molecular formula is C15H26N2. The molecule has 0 aliphatic heterocycles. The highest BCUT2D eigenvalue weighted by Gasteiger charge is 2.19. The Morgan fingerprint density at radius 2 is 1.71 bits per heavy atom. The third kappa shape index (κ3) is 4.39. The SMILES string of the molecule is CCNC(C)(C)CN(CC)c1ccc(C)cc1. The lowest BCUT2D eigenvalue weighted by Gasteiger charge is -2.34. The van der Waals surface area contributed by atoms with E-state index in [0.29, 0.717) is 0 Å². The standard InChI is InChI=1S/C15H26N2/c1-6-16-15(4,5)12-17(7-2)14-10-8-13(3)9-11-14/h8-11,16H,6-7,12H2,1-5H3. The van der Waals surface area contributed by atoms with E-state index in [-0.39, 0.29) is 5.54 Å². The normalized spacial score (nSPS) is 11.6. The highest BCUT2D eigenvalue weighted by atomic mass is 15.2. The molecule has 0 atom stereocenters. The number of nitrogens with zero attached hydrogens (tertiary/aromatic N) is 1. The van der Waals surface area contributed by atoms with E-state index in [9.17, 15) is 0 Å². The van der Waals surface area contributed by atoms with Crippen molar-refractivity contribution in [1.29, 1.82) is 0 Å². The van der Waals surface area contributed by atoms with Crippen LogP contribution in [0.1, 0.15) is 33.3 Å². The van der Waals surface area contributed by atoms with Crippen LogP contribution in [0.25, 0.3) is 0 Å². The van der Waals surface area contributed by atoms with Crippen LogP contribution < -0.4 is 10.2 Å². The van der Waals surface area contributed by atoms with Crippen molar-refractivity contribution in [2.24, 2.45) is 0 Å². The van der Waals surface area contributed by atoms with Gasteiger partial charge in [-0.15, -0.1) is 0 Å². The van der Waals surface area contributed by atoms with Gasteiger partial charge in [-0.2, -0.15) is 0 Å². The molecule has 0 amide bonds. The molecular weight excluding hydrogens is 208 g/mol. The van der Waals surface area contributed by atoms with Gasteiger partial charge in [-0.3, -0.25) is 0 Å². The fourth-order valence-corrected chi connectivity index (χ4v) is 2.15. The molecule has 0 fully saturated rings. The van der Waals surface area contributed by atoms with Crippen molar-refractivity contribution in [2.75, 3.05) is 24.5 Å². The lowest BCUT2D eigenvalue weighted by molar-refractivity contribution is 0.398. The molecule has 0 heterocycles. The Morgan fingerprint density at radius 1 is 1.12 bits per heavy atom. The Labute approximate surface area is 106 Å². The van der Waals surface area contributed by atoms with E-state index in [0.717, 1.165) is 19.6 Å². The first-order valence-corrected chi connectivity index (χ1v) is 6.55. The summed E-state index contributed by atoms with van der Waals surface area (Å²) in [5, 5.41) is 3.53. The minimum Gasteiger partial charge on any atom is -0.370 e. The van der Waals surface area contributed by atoms with Gasteiger partial charge in [-0.25, -0.2) is 0 Å². The number of rotatable bonds is 6. The van der Waals surface area contributed by atoms with Crippen molar-refractivity contribution < 1.29 is 0 Å². The zero-order valence-corrected chi connectivity index (χ0v) is 11.9. The Morgan fingerprint density at radius 3 is 2.18 bits per heavy atom. The van der Waals surface area contributed by atoms with Crippen molar-refractivity contribution in [2.45, 2.75) is 40.2 Å². The van der Waals surface area contributed by atoms with Gasteiger partial charge >= 0.3 is 0 Å². The van der Waals surface area contributed by atoms with Crippen LogP contribution >= 0.6 is 0 Å². The van der Waals surface area contributed by atoms with Crippen LogP contribution in [0.2, 0.25) is 0 Å². The van der Waals surface area contributed by atoms with Gasteiger partial charge in [0.15, 0.2) is 0 Å². The van der Waals surface area contributed by atoms with E-state index >= 15 is 0 Å². The average Bonchev–Trinajstić information content (AvgIpc) is 2.27. The van der Waals surface area contributed by atoms with Gasteiger partial charge in [0.2, 0.25) is 0 Å². The van der Waals surface area contributed by atoms with Gasteiger partial charge in [0.1, 0.15) is 0 Å². The third-order valence-corrected chi connectivity index (χ3v) is 3.02. The lowest BCUT2D eigenvalue weighted by atomic mass is 10.0. The van der Waals surface area contributed by atoms with Crippen LogP contribution in [-0.2, 0) is 0 Å². The number of hydrogen-bond donors (Lipinski definition) is 1. The number of nitrogens with one attached hydrogen (secondary N) is 1. The predicted octanol–water partition coefficient (Wildman–Crippen LogP) is 3.21. The Bertz CT molecular complexity index is 327. The highest BCUT2D eigenvalue weighted by molar-refractivity contribution is 5.47. The fraction of sp³-hybridized carbons (Fsp3) is 0.600. The number of anilines is 1. The molecule has 0 aliphatic carbocycles. The molecule has 1 aromatic rings. The summed E-state index contributed by atoms with van der Waals surface area (Å²) in [7, 11) is 0. The zero-order chi connectivity index (χ0) is 12.9. The number of benzene rings is 1. The first-order chi connectivity index (χ1) is 7.98. The Balaban J connectivity index is 2.75. The van der Waals surface area contributed by atoms with Crippen molar-refractivity contribution in [3.8, 4) is 0 Å². The smallest absolute Gasteiger partial charge is 0.0366 e. The maximum atomic E-state index is 3.53. The van der Waals surface area contributed by atoms with Crippen LogP contribution in [0.3, 0.4) is 0 Å². The number of likely N-dealkylation sites (N-methyl/N-ethyl adjacent to an activating group) is 2. The molecule has 1 aromatic carbocycles. The highest BCUT2D eigenvalue weighted by Crippen LogP contribution is 2.17. The minimum atomic E-state index is 0.148. The average molecular weight is 234 g/mol. The summed E-state index contributed by atoms with van der Waals surface area (Å²) < 4.78 is 0. The minimum absolute atomic E-state index is 0.148. The van der Waals surface area contributed by atoms with Crippen molar-refractivity contribution in [3.63, 3.8) is 0 Å². The Kier molecular flexibility index (Phi) is 5.01. The molecule has 0 saturated heterocycles. The Hall–Kier alpha value is -1.02. The van der Waals surface area contributed by atoms with E-state index in [2.05, 4.69) is 69.1 Å². The van der Waals surface area contributed by atoms with Crippen molar-refractivity contribution >= 4 is 5.69 Å². The van der Waals surface area contributed by atoms with E-state index in [1.807, 2.05) is 0 Å². The molecule has 1 rings (SSSR count). The fourth-order valence-electron chi connectivity index (χ4n) is 2.15. The molecule has 0 radical (unpaired) electrons. The molecule has 0 unspecified atom stereocenters. The van der Waals surface area contributed by atoms with Crippen molar-refractivity contribution in [1.82, 2.24) is 5.32 Å². The first kappa shape index (κ1) is 14.0. The van der Waals surface area contributed by atoms with E-state index in [1.54, 1.807) is 0 Å². The monoisotopic (exact) mass is 234 g/mol. The lowest BCUT2D eigenvalue weighted by Crippen LogP contribution is -2.49. The topological polar surface area (TPSA) is 15.3 Å². The van der Waals surface area contributed by atoms with Crippen LogP contribution in [0.15, 0.2) is 24.3 Å². The first-order valence-electron chi connectivity index (χ1n) is 6.55. The van der Waals surface area contributed by atoms with Gasteiger partial charge < -0.3 is 10.2 Å². The molecule has 0 saturated carbocycles. The number of aryl methyl sites for hydroxylation is 1. The molecule has 0 aliphatic rings. The summed E-state index contributed by atoms with van der Waals surface area (Å²) in [5.74, 6) is 0. The summed E-state index contributed by atoms with van der Waals surface area (Å²) in [6.07, 6.45) is 0. The van der Waals surface area contributed by atoms with Gasteiger partial charge in [0.05, 0.1) is 0 Å². The second kappa shape index (κ2) is 6.06. The van der Waals surface area contributed by atoms with E-state index < -0.39 is 0 Å². The molecule has 17 heavy (non-hydrogen) atoms. The summed E-state index contributed by atoms with van der Waals surface area (Å²) in [4.78, 5) is 2.42. The summed E-state index contributed by atoms with van der Waals surface area (Å²) >= 11 is 0. The molecule has 1 N–H and O–H groups in total. The summed E-state index contributed by atoms with van der Waals surface area (Å²) in [5.41, 5.74) is 2.77. The molecule has 2 nitrogen and oxygen atoms in total. The predicted molar refractivity (Wildman–Crippen MR) is 76.8 cm³/mol. The molecule has 0 aromatic heterocycles. The molecule has 0 bridgehead atoms. The van der Waals surface area contributed by atoms with Gasteiger partial charge in [-0.05, 0) is 46.4 Å². The second-order valence-electron chi connectivity index (χ2n) is 5.26. The quantitative estimate of drug-likeness (QED) is 0.813. The van der Waals surface area contributed by atoms with Gasteiger partial charge in [-0.1, -0.05) is 24.6 Å². The second-order valence-corrected chi connectivity index (χ2v) is 5.26. The molecule has 2 heteroatoms. The largest absolute Gasteiger partial charge is 0.370 e. The molecule has 96 valence electrons. The van der Waals surface area contributed by atoms with Gasteiger partial charge in [0.25, 0.3) is 0 Å². The van der Waals surface area contributed by atoms with Crippen LogP contribution in [0.4, 0.5) is 5.69 Å². The maximum absolute atomic E-state index is 3.53. The summed E-state index contributed by atoms with van der Waals surface area (Å²) in [6.45, 7) is 14.1. The third-order valence-electron chi connectivity index (χ3n) is 3.02. The number of hydrogen-bond acceptors (Lipinski definition) is 2. The zero-order valence-electron chi connectivity index (χ0n) is 11.9. The van der Waals surface area contributed by atoms with Crippen LogP contribution in [-0.4, -0.2) is 25.2 Å². The van der Waals surface area contributed by atoms with E-state index in [1.165, 1.54) is 11.3 Å². The molecule has 0 spiro atoms. The van der Waals surface area contributed by atoms with Gasteiger partial charge in [0, 0.05) is 24.3 Å². The summed E-state index contributed by atoms with van der Waals surface area (Å²) in [6, 6.07) is 8.78. The maximum Gasteiger partial charge on any atom is 0.0366 e. The van der Waals surface area contributed by atoms with Crippen molar-refractivity contribution in [3.05, 3.63) is 29.8 Å². The van der Waals surface area contributed by atoms with E-state index in [4.69, 9.17) is 0 Å².